The molecule has 126 valence electrons. The highest BCUT2D eigenvalue weighted by Gasteiger charge is 2.29. The normalized spacial score (nSPS) is 20.9. The van der Waals surface area contributed by atoms with Crippen LogP contribution in [0, 0.1) is 17.6 Å². The minimum Gasteiger partial charge on any atom is -0.337 e. The predicted molar refractivity (Wildman–Crippen MR) is 88.5 cm³/mol. The number of hydrogen-bond acceptors (Lipinski definition) is 2. The number of benzene rings is 2. The topological polar surface area (TPSA) is 46.3 Å². The molecule has 3 nitrogen and oxygen atoms in total. The quantitative estimate of drug-likeness (QED) is 0.940. The lowest BCUT2D eigenvalue weighted by atomic mass is 9.88. The lowest BCUT2D eigenvalue weighted by Gasteiger charge is -2.36. The zero-order chi connectivity index (χ0) is 17.1. The van der Waals surface area contributed by atoms with Crippen molar-refractivity contribution in [3.8, 4) is 0 Å². The van der Waals surface area contributed by atoms with Crippen LogP contribution in [0.4, 0.5) is 8.78 Å². The Morgan fingerprint density at radius 1 is 1.08 bits per heavy atom. The maximum absolute atomic E-state index is 13.9. The molecule has 2 aromatic rings. The van der Waals surface area contributed by atoms with Crippen LogP contribution in [0.3, 0.4) is 0 Å². The fraction of sp³-hybridized carbons (Fsp3) is 0.316. The van der Waals surface area contributed by atoms with Crippen molar-refractivity contribution < 1.29 is 13.6 Å². The van der Waals surface area contributed by atoms with Crippen molar-refractivity contribution in [3.63, 3.8) is 0 Å². The van der Waals surface area contributed by atoms with E-state index in [0.717, 1.165) is 18.4 Å². The smallest absolute Gasteiger partial charge is 0.256 e. The molecule has 2 N–H and O–H groups in total. The molecule has 2 aromatic carbocycles. The predicted octanol–water partition coefficient (Wildman–Crippen LogP) is 3.00. The minimum absolute atomic E-state index is 0.0760. The Kier molecular flexibility index (Phi) is 4.90. The molecule has 0 saturated carbocycles. The number of nitrogens with two attached hydrogens (primary N) is 1. The number of piperidine rings is 1. The second kappa shape index (κ2) is 7.09. The first kappa shape index (κ1) is 16.6. The van der Waals surface area contributed by atoms with E-state index in [1.807, 2.05) is 0 Å². The number of hydrogen-bond donors (Lipinski definition) is 1. The van der Waals surface area contributed by atoms with Gasteiger partial charge in [-0.15, -0.1) is 0 Å². The van der Waals surface area contributed by atoms with E-state index in [1.165, 1.54) is 24.3 Å². The van der Waals surface area contributed by atoms with Gasteiger partial charge in [0.25, 0.3) is 5.91 Å². The first-order valence-electron chi connectivity index (χ1n) is 8.06. The summed E-state index contributed by atoms with van der Waals surface area (Å²) in [7, 11) is 0. The average molecular weight is 330 g/mol. The second-order valence-electron chi connectivity index (χ2n) is 6.38. The van der Waals surface area contributed by atoms with Crippen LogP contribution in [-0.2, 0) is 6.42 Å². The van der Waals surface area contributed by atoms with E-state index in [9.17, 15) is 13.6 Å². The van der Waals surface area contributed by atoms with Gasteiger partial charge in [0, 0.05) is 19.1 Å². The largest absolute Gasteiger partial charge is 0.337 e. The summed E-state index contributed by atoms with van der Waals surface area (Å²) in [6.45, 7) is 0.950. The Morgan fingerprint density at radius 3 is 2.50 bits per heavy atom. The summed E-state index contributed by atoms with van der Waals surface area (Å²) in [5, 5.41) is 0. The van der Waals surface area contributed by atoms with Crippen LogP contribution in [0.25, 0.3) is 0 Å². The maximum Gasteiger partial charge on any atom is 0.256 e. The number of likely N-dealkylation sites (tertiary alicyclic amines) is 1. The molecule has 0 bridgehead atoms. The van der Waals surface area contributed by atoms with E-state index < -0.39 is 5.82 Å². The van der Waals surface area contributed by atoms with Crippen LogP contribution in [-0.4, -0.2) is 29.9 Å². The van der Waals surface area contributed by atoms with Gasteiger partial charge < -0.3 is 10.6 Å². The molecule has 0 spiro atoms. The van der Waals surface area contributed by atoms with Crippen molar-refractivity contribution in [1.82, 2.24) is 4.90 Å². The van der Waals surface area contributed by atoms with Crippen molar-refractivity contribution in [2.24, 2.45) is 11.7 Å². The van der Waals surface area contributed by atoms with Gasteiger partial charge in [-0.1, -0.05) is 24.3 Å². The number of carbonyl (C=O) groups excluding carboxylic acids is 1. The average Bonchev–Trinajstić information content (AvgIpc) is 2.56. The molecule has 1 saturated heterocycles. The van der Waals surface area contributed by atoms with Gasteiger partial charge >= 0.3 is 0 Å². The zero-order valence-corrected chi connectivity index (χ0v) is 13.3. The highest BCUT2D eigenvalue weighted by atomic mass is 19.1. The van der Waals surface area contributed by atoms with E-state index in [1.54, 1.807) is 29.2 Å². The van der Waals surface area contributed by atoms with Gasteiger partial charge in [-0.05, 0) is 48.6 Å². The van der Waals surface area contributed by atoms with Crippen LogP contribution in [0.15, 0.2) is 48.5 Å². The Morgan fingerprint density at radius 2 is 1.79 bits per heavy atom. The van der Waals surface area contributed by atoms with E-state index in [0.29, 0.717) is 13.1 Å². The van der Waals surface area contributed by atoms with Crippen LogP contribution < -0.4 is 5.73 Å². The molecule has 5 heteroatoms. The van der Waals surface area contributed by atoms with Crippen molar-refractivity contribution in [2.75, 3.05) is 13.1 Å². The monoisotopic (exact) mass is 330 g/mol. The van der Waals surface area contributed by atoms with Gasteiger partial charge in [0.1, 0.15) is 11.6 Å². The Balaban J connectivity index is 1.72. The van der Waals surface area contributed by atoms with E-state index in [2.05, 4.69) is 0 Å². The van der Waals surface area contributed by atoms with Crippen LogP contribution >= 0.6 is 0 Å². The third kappa shape index (κ3) is 3.79. The highest BCUT2D eigenvalue weighted by molar-refractivity contribution is 5.94. The highest BCUT2D eigenvalue weighted by Crippen LogP contribution is 2.22. The van der Waals surface area contributed by atoms with Gasteiger partial charge in [-0.3, -0.25) is 4.79 Å². The number of amides is 1. The van der Waals surface area contributed by atoms with Gasteiger partial charge in [-0.2, -0.15) is 0 Å². The molecule has 0 radical (unpaired) electrons. The fourth-order valence-electron chi connectivity index (χ4n) is 3.32. The molecule has 24 heavy (non-hydrogen) atoms. The molecule has 1 amide bonds. The minimum atomic E-state index is -0.517. The molecular weight excluding hydrogens is 310 g/mol. The van der Waals surface area contributed by atoms with Crippen LogP contribution in [0.1, 0.15) is 22.3 Å². The third-order valence-corrected chi connectivity index (χ3v) is 4.40. The Labute approximate surface area is 140 Å². The third-order valence-electron chi connectivity index (χ3n) is 4.40. The summed E-state index contributed by atoms with van der Waals surface area (Å²) in [4.78, 5) is 14.2. The van der Waals surface area contributed by atoms with Crippen molar-refractivity contribution in [3.05, 3.63) is 71.3 Å². The van der Waals surface area contributed by atoms with Gasteiger partial charge in [0.2, 0.25) is 0 Å². The van der Waals surface area contributed by atoms with E-state index in [4.69, 9.17) is 5.73 Å². The molecule has 2 atom stereocenters. The molecule has 1 heterocycles. The van der Waals surface area contributed by atoms with E-state index in [-0.39, 0.29) is 29.2 Å². The molecule has 0 aliphatic carbocycles. The van der Waals surface area contributed by atoms with Crippen LogP contribution in [0.5, 0.6) is 0 Å². The van der Waals surface area contributed by atoms with Gasteiger partial charge in [0.15, 0.2) is 0 Å². The SMILES string of the molecule is NC1CC(Cc2ccc(F)cc2)CN(C(=O)c2ccccc2F)C1. The van der Waals surface area contributed by atoms with Gasteiger partial charge in [-0.25, -0.2) is 8.78 Å². The maximum atomic E-state index is 13.9. The summed E-state index contributed by atoms with van der Waals surface area (Å²) >= 11 is 0. The van der Waals surface area contributed by atoms with Crippen molar-refractivity contribution >= 4 is 5.91 Å². The molecule has 2 unspecified atom stereocenters. The second-order valence-corrected chi connectivity index (χ2v) is 6.38. The molecule has 3 rings (SSSR count). The Hall–Kier alpha value is -2.27. The zero-order valence-electron chi connectivity index (χ0n) is 13.3. The fourth-order valence-corrected chi connectivity index (χ4v) is 3.32. The standard InChI is InChI=1S/C19H20F2N2O/c20-15-7-5-13(6-8-15)9-14-10-16(22)12-23(11-14)19(24)17-3-1-2-4-18(17)21/h1-8,14,16H,9-12,22H2. The van der Waals surface area contributed by atoms with Crippen molar-refractivity contribution in [1.29, 1.82) is 0 Å². The first-order valence-corrected chi connectivity index (χ1v) is 8.06. The summed E-state index contributed by atoms with van der Waals surface area (Å²) in [6.07, 6.45) is 1.51. The number of rotatable bonds is 3. The van der Waals surface area contributed by atoms with Crippen LogP contribution in [0.2, 0.25) is 0 Å². The molecule has 1 aliphatic rings. The van der Waals surface area contributed by atoms with E-state index >= 15 is 0 Å². The summed E-state index contributed by atoms with van der Waals surface area (Å²) in [5.74, 6) is -0.936. The lowest BCUT2D eigenvalue weighted by molar-refractivity contribution is 0.0645. The Bertz CT molecular complexity index is 718. The van der Waals surface area contributed by atoms with Gasteiger partial charge in [0.05, 0.1) is 5.56 Å². The molecule has 0 aromatic heterocycles. The summed E-state index contributed by atoms with van der Waals surface area (Å²) < 4.78 is 26.9. The first-order chi connectivity index (χ1) is 11.5. The number of carbonyl (C=O) groups is 1. The van der Waals surface area contributed by atoms with Crippen molar-refractivity contribution in [2.45, 2.75) is 18.9 Å². The number of nitrogens with zero attached hydrogens (tertiary/aromatic N) is 1. The number of halogens is 2. The molecular formula is C19H20F2N2O. The lowest BCUT2D eigenvalue weighted by Crippen LogP contribution is -2.50. The molecule has 1 aliphatic heterocycles. The molecule has 1 fully saturated rings. The summed E-state index contributed by atoms with van der Waals surface area (Å²) in [5.41, 5.74) is 7.18. The summed E-state index contributed by atoms with van der Waals surface area (Å²) in [6, 6.07) is 12.2.